The van der Waals surface area contributed by atoms with E-state index < -0.39 is 18.0 Å². The van der Waals surface area contributed by atoms with E-state index in [0.29, 0.717) is 23.1 Å². The van der Waals surface area contributed by atoms with Crippen molar-refractivity contribution >= 4 is 5.78 Å². The number of hydrogen-bond acceptors (Lipinski definition) is 5. The molecule has 0 radical (unpaired) electrons. The van der Waals surface area contributed by atoms with E-state index in [9.17, 15) is 20.1 Å². The lowest BCUT2D eigenvalue weighted by atomic mass is 9.92. The van der Waals surface area contributed by atoms with Crippen LogP contribution in [0.15, 0.2) is 48.0 Å². The highest BCUT2D eigenvalue weighted by Gasteiger charge is 2.37. The van der Waals surface area contributed by atoms with Gasteiger partial charge in [0.25, 0.3) is 0 Å². The summed E-state index contributed by atoms with van der Waals surface area (Å²) in [5, 5.41) is 29.9. The van der Waals surface area contributed by atoms with Crippen molar-refractivity contribution in [2.75, 3.05) is 0 Å². The minimum Gasteiger partial charge on any atom is -0.508 e. The molecule has 1 aliphatic heterocycles. The maximum atomic E-state index is 12.5. The molecule has 2 atom stereocenters. The zero-order valence-corrected chi connectivity index (χ0v) is 14.1. The monoisotopic (exact) mass is 340 g/mol. The first-order chi connectivity index (χ1) is 11.9. The van der Waals surface area contributed by atoms with Crippen LogP contribution < -0.4 is 4.74 Å². The van der Waals surface area contributed by atoms with Gasteiger partial charge in [-0.15, -0.1) is 0 Å². The summed E-state index contributed by atoms with van der Waals surface area (Å²) in [5.41, 5.74) is 2.68. The Balaban J connectivity index is 1.98. The Labute approximate surface area is 145 Å². The van der Waals surface area contributed by atoms with E-state index in [2.05, 4.69) is 0 Å². The molecule has 0 saturated carbocycles. The highest BCUT2D eigenvalue weighted by atomic mass is 16.5. The molecule has 2 aromatic carbocycles. The van der Waals surface area contributed by atoms with E-state index in [4.69, 9.17) is 4.74 Å². The summed E-state index contributed by atoms with van der Waals surface area (Å²) in [6.45, 7) is 3.93. The maximum Gasteiger partial charge on any atom is 0.210 e. The Hall–Kier alpha value is -2.79. The van der Waals surface area contributed by atoms with Crippen molar-refractivity contribution in [3.8, 4) is 17.2 Å². The average molecular weight is 340 g/mol. The fourth-order valence-electron chi connectivity index (χ4n) is 2.81. The lowest BCUT2D eigenvalue weighted by molar-refractivity contribution is -0.137. The Morgan fingerprint density at radius 1 is 1.16 bits per heavy atom. The quantitative estimate of drug-likeness (QED) is 0.746. The van der Waals surface area contributed by atoms with Crippen LogP contribution in [0.4, 0.5) is 0 Å². The van der Waals surface area contributed by atoms with E-state index in [1.165, 1.54) is 24.3 Å². The summed E-state index contributed by atoms with van der Waals surface area (Å²) in [5.74, 6) is -0.0647. The minimum absolute atomic E-state index is 0.00555. The van der Waals surface area contributed by atoms with Gasteiger partial charge in [-0.1, -0.05) is 17.7 Å². The van der Waals surface area contributed by atoms with Crippen molar-refractivity contribution in [2.24, 2.45) is 0 Å². The van der Waals surface area contributed by atoms with Crippen LogP contribution in [0.3, 0.4) is 0 Å². The fraction of sp³-hybridized carbons (Fsp3) is 0.250. The van der Waals surface area contributed by atoms with Crippen LogP contribution in [0.5, 0.6) is 17.2 Å². The molecular weight excluding hydrogens is 320 g/mol. The Bertz CT molecular complexity index is 849. The van der Waals surface area contributed by atoms with Crippen molar-refractivity contribution < 1.29 is 24.9 Å². The molecule has 2 unspecified atom stereocenters. The molecule has 0 aliphatic carbocycles. The molecule has 130 valence electrons. The predicted molar refractivity (Wildman–Crippen MR) is 92.7 cm³/mol. The summed E-state index contributed by atoms with van der Waals surface area (Å²) in [6.07, 6.45) is 0.202. The second-order valence-corrected chi connectivity index (χ2v) is 6.40. The van der Waals surface area contributed by atoms with Gasteiger partial charge in [-0.3, -0.25) is 4.79 Å². The summed E-state index contributed by atoms with van der Waals surface area (Å²) < 4.78 is 5.74. The Morgan fingerprint density at radius 2 is 1.92 bits per heavy atom. The van der Waals surface area contributed by atoms with Gasteiger partial charge in [0, 0.05) is 17.2 Å². The molecule has 0 bridgehead atoms. The van der Waals surface area contributed by atoms with Gasteiger partial charge in [0.1, 0.15) is 23.4 Å². The number of phenolic OH excluding ortho intramolecular Hbond substituents is 2. The van der Waals surface area contributed by atoms with Crippen molar-refractivity contribution in [1.29, 1.82) is 0 Å². The third-order valence-electron chi connectivity index (χ3n) is 4.20. The lowest BCUT2D eigenvalue weighted by Gasteiger charge is -2.29. The third-order valence-corrected chi connectivity index (χ3v) is 4.20. The molecule has 0 spiro atoms. The molecule has 0 aromatic heterocycles. The zero-order chi connectivity index (χ0) is 18.1. The number of benzene rings is 2. The largest absolute Gasteiger partial charge is 0.508 e. The number of allylic oxidation sites excluding steroid dienone is 2. The average Bonchev–Trinajstić information content (AvgIpc) is 2.57. The molecule has 5 nitrogen and oxygen atoms in total. The molecule has 1 heterocycles. The number of aromatic hydroxyl groups is 2. The van der Waals surface area contributed by atoms with Crippen LogP contribution in [0.1, 0.15) is 42.7 Å². The van der Waals surface area contributed by atoms with Crippen molar-refractivity contribution in [3.63, 3.8) is 0 Å². The number of aliphatic hydroxyl groups is 1. The van der Waals surface area contributed by atoms with Gasteiger partial charge >= 0.3 is 0 Å². The molecule has 3 rings (SSSR count). The number of phenols is 2. The van der Waals surface area contributed by atoms with Crippen LogP contribution >= 0.6 is 0 Å². The smallest absolute Gasteiger partial charge is 0.210 e. The number of carbonyl (C=O) groups excluding carboxylic acids is 1. The number of Topliss-reactive ketones (excluding diaryl/α,β-unsaturated/α-hetero) is 1. The topological polar surface area (TPSA) is 87.0 Å². The highest BCUT2D eigenvalue weighted by molar-refractivity contribution is 5.91. The fourth-order valence-corrected chi connectivity index (χ4v) is 2.81. The SMILES string of the molecule is CC(C)=CCc1cc(C2Oc3cc(O)ccc3C(O)C2=O)ccc1O. The molecule has 3 N–H and O–H groups in total. The van der Waals surface area contributed by atoms with Crippen molar-refractivity contribution in [3.05, 3.63) is 64.7 Å². The summed E-state index contributed by atoms with van der Waals surface area (Å²) >= 11 is 0. The Morgan fingerprint density at radius 3 is 2.64 bits per heavy atom. The van der Waals surface area contributed by atoms with E-state index in [-0.39, 0.29) is 17.2 Å². The van der Waals surface area contributed by atoms with Crippen LogP contribution in [-0.4, -0.2) is 21.1 Å². The van der Waals surface area contributed by atoms with Gasteiger partial charge in [0.15, 0.2) is 6.10 Å². The number of rotatable bonds is 3. The van der Waals surface area contributed by atoms with Gasteiger partial charge < -0.3 is 20.1 Å². The maximum absolute atomic E-state index is 12.5. The second-order valence-electron chi connectivity index (χ2n) is 6.40. The molecule has 2 aromatic rings. The standard InChI is InChI=1S/C20H20O5/c1-11(2)3-4-12-9-13(5-8-16(12)22)20-19(24)18(23)15-7-6-14(21)10-17(15)25-20/h3,5-10,18,20-23H,4H2,1-2H3. The first-order valence-corrected chi connectivity index (χ1v) is 8.03. The summed E-state index contributed by atoms with van der Waals surface area (Å²) in [6, 6.07) is 9.08. The molecular formula is C20H20O5. The van der Waals surface area contributed by atoms with E-state index >= 15 is 0 Å². The van der Waals surface area contributed by atoms with Gasteiger partial charge in [-0.2, -0.15) is 0 Å². The molecule has 25 heavy (non-hydrogen) atoms. The minimum atomic E-state index is -1.32. The first kappa shape index (κ1) is 17.0. The van der Waals surface area contributed by atoms with Crippen molar-refractivity contribution in [1.82, 2.24) is 0 Å². The van der Waals surface area contributed by atoms with E-state index in [1.54, 1.807) is 12.1 Å². The predicted octanol–water partition coefficient (Wildman–Crippen LogP) is 3.34. The van der Waals surface area contributed by atoms with E-state index in [1.807, 2.05) is 19.9 Å². The van der Waals surface area contributed by atoms with Gasteiger partial charge in [-0.25, -0.2) is 0 Å². The molecule has 5 heteroatoms. The van der Waals surface area contributed by atoms with Crippen LogP contribution in [0.25, 0.3) is 0 Å². The number of ether oxygens (including phenoxy) is 1. The Kier molecular flexibility index (Phi) is 4.51. The van der Waals surface area contributed by atoms with Gasteiger partial charge in [-0.05, 0) is 50.1 Å². The number of hydrogen-bond donors (Lipinski definition) is 3. The lowest BCUT2D eigenvalue weighted by Crippen LogP contribution is -2.30. The van der Waals surface area contributed by atoms with Crippen molar-refractivity contribution in [2.45, 2.75) is 32.5 Å². The van der Waals surface area contributed by atoms with Crippen LogP contribution in [0.2, 0.25) is 0 Å². The normalized spacial score (nSPS) is 19.1. The number of aliphatic hydroxyl groups excluding tert-OH is 1. The molecule has 0 amide bonds. The van der Waals surface area contributed by atoms with Gasteiger partial charge in [0.05, 0.1) is 0 Å². The van der Waals surface area contributed by atoms with Gasteiger partial charge in [0.2, 0.25) is 5.78 Å². The zero-order valence-electron chi connectivity index (χ0n) is 14.1. The number of carbonyl (C=O) groups is 1. The highest BCUT2D eigenvalue weighted by Crippen LogP contribution is 2.40. The van der Waals surface area contributed by atoms with Crippen LogP contribution in [-0.2, 0) is 11.2 Å². The first-order valence-electron chi connectivity index (χ1n) is 8.03. The van der Waals surface area contributed by atoms with Crippen LogP contribution in [0, 0.1) is 0 Å². The summed E-state index contributed by atoms with van der Waals surface area (Å²) in [7, 11) is 0. The molecule has 0 saturated heterocycles. The summed E-state index contributed by atoms with van der Waals surface area (Å²) in [4.78, 5) is 12.5. The molecule has 1 aliphatic rings. The van der Waals surface area contributed by atoms with E-state index in [0.717, 1.165) is 5.57 Å². The second kappa shape index (κ2) is 6.61. The molecule has 0 fully saturated rings. The number of fused-ring (bicyclic) bond motifs is 1. The number of ketones is 1. The third kappa shape index (κ3) is 3.37.